The molecule has 3 rings (SSSR count). The number of halogens is 2. The maximum Gasteiger partial charge on any atom is 0.160 e. The molecule has 3 aromatic rings. The first-order chi connectivity index (χ1) is 13.1. The van der Waals surface area contributed by atoms with Gasteiger partial charge in [-0.15, -0.1) is 0 Å². The van der Waals surface area contributed by atoms with Gasteiger partial charge < -0.3 is 19.2 Å². The summed E-state index contributed by atoms with van der Waals surface area (Å²) in [6.45, 7) is 1.52. The summed E-state index contributed by atoms with van der Waals surface area (Å²) in [6.07, 6.45) is 0.895. The lowest BCUT2D eigenvalue weighted by atomic mass is 10.1. The van der Waals surface area contributed by atoms with E-state index in [4.69, 9.17) is 13.9 Å². The summed E-state index contributed by atoms with van der Waals surface area (Å²) in [7, 11) is 3.29. The Balaban J connectivity index is 1.53. The van der Waals surface area contributed by atoms with Crippen molar-refractivity contribution in [2.75, 3.05) is 20.8 Å². The summed E-state index contributed by atoms with van der Waals surface area (Å²) in [6, 6.07) is 16.1. The lowest BCUT2D eigenvalue weighted by Crippen LogP contribution is -2.16. The number of ether oxygens (including phenoxy) is 2. The van der Waals surface area contributed by atoms with Gasteiger partial charge in [-0.2, -0.15) is 0 Å². The predicted octanol–water partition coefficient (Wildman–Crippen LogP) is 5.82. The third-order valence-electron chi connectivity index (χ3n) is 4.20. The smallest absolute Gasteiger partial charge is 0.160 e. The van der Waals surface area contributed by atoms with Crippen molar-refractivity contribution in [3.8, 4) is 22.8 Å². The molecule has 0 bridgehead atoms. The van der Waals surface area contributed by atoms with Crippen molar-refractivity contribution in [3.05, 3.63) is 68.8 Å². The van der Waals surface area contributed by atoms with Crippen molar-refractivity contribution in [1.29, 1.82) is 0 Å². The predicted molar refractivity (Wildman–Crippen MR) is 115 cm³/mol. The topological polar surface area (TPSA) is 43.6 Å². The van der Waals surface area contributed by atoms with Crippen molar-refractivity contribution in [3.63, 3.8) is 0 Å². The molecule has 1 N–H and O–H groups in total. The van der Waals surface area contributed by atoms with Crippen molar-refractivity contribution in [2.24, 2.45) is 0 Å². The summed E-state index contributed by atoms with van der Waals surface area (Å²) >= 11 is 7.05. The van der Waals surface area contributed by atoms with E-state index < -0.39 is 0 Å². The number of furan rings is 1. The van der Waals surface area contributed by atoms with Crippen LogP contribution in [0, 0.1) is 0 Å². The summed E-state index contributed by atoms with van der Waals surface area (Å²) in [5.41, 5.74) is 2.23. The van der Waals surface area contributed by atoms with E-state index in [-0.39, 0.29) is 0 Å². The van der Waals surface area contributed by atoms with Crippen LogP contribution in [0.25, 0.3) is 11.3 Å². The molecule has 0 amide bonds. The van der Waals surface area contributed by atoms with E-state index in [9.17, 15) is 0 Å². The standard InChI is InChI=1S/C21H21Br2NO3/c1-25-20-7-3-14(11-21(20)26-2)9-10-24-13-16-5-8-19(27-16)17-6-4-15(22)12-18(17)23/h3-8,11-12,24H,9-10,13H2,1-2H3. The maximum absolute atomic E-state index is 5.97. The van der Waals surface area contributed by atoms with Crippen LogP contribution in [0.4, 0.5) is 0 Å². The van der Waals surface area contributed by atoms with Crippen LogP contribution in [-0.4, -0.2) is 20.8 Å². The van der Waals surface area contributed by atoms with Crippen LogP contribution in [0.2, 0.25) is 0 Å². The van der Waals surface area contributed by atoms with E-state index in [0.29, 0.717) is 6.54 Å². The minimum atomic E-state index is 0.682. The monoisotopic (exact) mass is 493 g/mol. The van der Waals surface area contributed by atoms with E-state index in [2.05, 4.69) is 43.2 Å². The average Bonchev–Trinajstić information content (AvgIpc) is 3.13. The number of methoxy groups -OCH3 is 2. The van der Waals surface area contributed by atoms with E-state index in [1.54, 1.807) is 14.2 Å². The molecule has 142 valence electrons. The minimum Gasteiger partial charge on any atom is -0.493 e. The molecule has 0 saturated carbocycles. The average molecular weight is 495 g/mol. The molecule has 0 atom stereocenters. The summed E-state index contributed by atoms with van der Waals surface area (Å²) in [5, 5.41) is 3.42. The first kappa shape index (κ1) is 20.0. The maximum atomic E-state index is 5.97. The zero-order chi connectivity index (χ0) is 19.2. The Hall–Kier alpha value is -1.76. The molecule has 1 heterocycles. The molecular weight excluding hydrogens is 474 g/mol. The normalized spacial score (nSPS) is 10.8. The van der Waals surface area contributed by atoms with Crippen LogP contribution in [0.3, 0.4) is 0 Å². The van der Waals surface area contributed by atoms with Gasteiger partial charge in [-0.3, -0.25) is 0 Å². The fourth-order valence-electron chi connectivity index (χ4n) is 2.79. The highest BCUT2D eigenvalue weighted by Gasteiger charge is 2.09. The SMILES string of the molecule is COc1ccc(CCNCc2ccc(-c3ccc(Br)cc3Br)o2)cc1OC. The Kier molecular flexibility index (Phi) is 6.99. The Labute approximate surface area is 176 Å². The van der Waals surface area contributed by atoms with Crippen molar-refractivity contribution in [1.82, 2.24) is 5.32 Å². The summed E-state index contributed by atoms with van der Waals surface area (Å²) in [4.78, 5) is 0. The van der Waals surface area contributed by atoms with Crippen LogP contribution in [0.1, 0.15) is 11.3 Å². The molecule has 0 aliphatic rings. The van der Waals surface area contributed by atoms with E-state index in [1.165, 1.54) is 5.56 Å². The second-order valence-corrected chi connectivity index (χ2v) is 7.78. The highest BCUT2D eigenvalue weighted by atomic mass is 79.9. The highest BCUT2D eigenvalue weighted by Crippen LogP contribution is 2.32. The van der Waals surface area contributed by atoms with Crippen molar-refractivity contribution in [2.45, 2.75) is 13.0 Å². The molecule has 0 radical (unpaired) electrons. The van der Waals surface area contributed by atoms with Gasteiger partial charge in [0.25, 0.3) is 0 Å². The van der Waals surface area contributed by atoms with Gasteiger partial charge in [0.05, 0.1) is 20.8 Å². The molecule has 6 heteroatoms. The summed E-state index contributed by atoms with van der Waals surface area (Å²) < 4.78 is 18.6. The van der Waals surface area contributed by atoms with Crippen LogP contribution in [-0.2, 0) is 13.0 Å². The van der Waals surface area contributed by atoms with Gasteiger partial charge in [0, 0.05) is 14.5 Å². The van der Waals surface area contributed by atoms with Crippen LogP contribution >= 0.6 is 31.9 Å². The van der Waals surface area contributed by atoms with Crippen LogP contribution < -0.4 is 14.8 Å². The Morgan fingerprint density at radius 2 is 1.74 bits per heavy atom. The zero-order valence-electron chi connectivity index (χ0n) is 15.2. The number of benzene rings is 2. The molecule has 0 fully saturated rings. The first-order valence-electron chi connectivity index (χ1n) is 8.56. The number of rotatable bonds is 8. The quantitative estimate of drug-likeness (QED) is 0.400. The van der Waals surface area contributed by atoms with Gasteiger partial charge in [-0.25, -0.2) is 0 Å². The third kappa shape index (κ3) is 5.15. The fourth-order valence-corrected chi connectivity index (χ4v) is 4.03. The molecule has 0 aliphatic heterocycles. The molecule has 27 heavy (non-hydrogen) atoms. The molecule has 2 aromatic carbocycles. The van der Waals surface area contributed by atoms with Gasteiger partial charge in [0.15, 0.2) is 11.5 Å². The summed E-state index contributed by atoms with van der Waals surface area (Å²) in [5.74, 6) is 3.26. The Morgan fingerprint density at radius 3 is 2.48 bits per heavy atom. The number of hydrogen-bond donors (Lipinski definition) is 1. The van der Waals surface area contributed by atoms with Crippen molar-refractivity contribution < 1.29 is 13.9 Å². The van der Waals surface area contributed by atoms with Gasteiger partial charge in [-0.1, -0.05) is 22.0 Å². The third-order valence-corrected chi connectivity index (χ3v) is 5.35. The van der Waals surface area contributed by atoms with E-state index >= 15 is 0 Å². The highest BCUT2D eigenvalue weighted by molar-refractivity contribution is 9.11. The first-order valence-corrected chi connectivity index (χ1v) is 10.1. The van der Waals surface area contributed by atoms with Crippen LogP contribution in [0.15, 0.2) is 61.9 Å². The lowest BCUT2D eigenvalue weighted by molar-refractivity contribution is 0.354. The Morgan fingerprint density at radius 1 is 0.926 bits per heavy atom. The second kappa shape index (κ2) is 9.44. The molecule has 1 aromatic heterocycles. The number of hydrogen-bond acceptors (Lipinski definition) is 4. The molecule has 4 nitrogen and oxygen atoms in total. The molecule has 0 saturated heterocycles. The van der Waals surface area contributed by atoms with Crippen LogP contribution in [0.5, 0.6) is 11.5 Å². The van der Waals surface area contributed by atoms with Gasteiger partial charge >= 0.3 is 0 Å². The number of nitrogens with one attached hydrogen (secondary N) is 1. The fraction of sp³-hybridized carbons (Fsp3) is 0.238. The molecule has 0 aliphatic carbocycles. The van der Waals surface area contributed by atoms with Crippen molar-refractivity contribution >= 4 is 31.9 Å². The molecule has 0 unspecified atom stereocenters. The minimum absolute atomic E-state index is 0.682. The largest absolute Gasteiger partial charge is 0.493 e. The van der Waals surface area contributed by atoms with Gasteiger partial charge in [-0.05, 0) is 76.9 Å². The zero-order valence-corrected chi connectivity index (χ0v) is 18.4. The van der Waals surface area contributed by atoms with Gasteiger partial charge in [0.2, 0.25) is 0 Å². The lowest BCUT2D eigenvalue weighted by Gasteiger charge is -2.09. The van der Waals surface area contributed by atoms with E-state index in [1.807, 2.05) is 42.5 Å². The van der Waals surface area contributed by atoms with E-state index in [0.717, 1.165) is 50.5 Å². The Bertz CT molecular complexity index is 908. The van der Waals surface area contributed by atoms with Gasteiger partial charge in [0.1, 0.15) is 11.5 Å². The molecule has 0 spiro atoms. The molecular formula is C21H21Br2NO3. The second-order valence-electron chi connectivity index (χ2n) is 6.01.